The van der Waals surface area contributed by atoms with Gasteiger partial charge in [-0.15, -0.1) is 17.0 Å². The van der Waals surface area contributed by atoms with Crippen LogP contribution in [0.25, 0.3) is 0 Å². The molecule has 3 N–H and O–H groups in total. The van der Waals surface area contributed by atoms with Crippen molar-refractivity contribution < 1.29 is 13.2 Å². The van der Waals surface area contributed by atoms with Gasteiger partial charge < -0.3 is 5.43 Å². The molecule has 0 aromatic heterocycles. The van der Waals surface area contributed by atoms with Crippen LogP contribution < -0.4 is 11.3 Å². The summed E-state index contributed by atoms with van der Waals surface area (Å²) >= 11 is 0. The number of halogens is 4. The highest BCUT2D eigenvalue weighted by molar-refractivity contribution is 8.93. The topological polar surface area (TPSA) is 38.0 Å². The SMILES string of the molecule is Br.NNc1cc(F)cc(F)c1F. The van der Waals surface area contributed by atoms with E-state index in [-0.39, 0.29) is 17.0 Å². The second kappa shape index (κ2) is 4.32. The summed E-state index contributed by atoms with van der Waals surface area (Å²) in [5.41, 5.74) is 1.42. The summed E-state index contributed by atoms with van der Waals surface area (Å²) in [6.07, 6.45) is 0. The zero-order valence-electron chi connectivity index (χ0n) is 5.77. The van der Waals surface area contributed by atoms with Crippen molar-refractivity contribution in [2.45, 2.75) is 0 Å². The molecule has 0 saturated carbocycles. The lowest BCUT2D eigenvalue weighted by molar-refractivity contribution is 0.497. The maximum atomic E-state index is 12.5. The minimum absolute atomic E-state index is 0. The summed E-state index contributed by atoms with van der Waals surface area (Å²) in [7, 11) is 0. The van der Waals surface area contributed by atoms with Gasteiger partial charge >= 0.3 is 0 Å². The van der Waals surface area contributed by atoms with E-state index < -0.39 is 23.1 Å². The average molecular weight is 243 g/mol. The van der Waals surface area contributed by atoms with Crippen LogP contribution in [0.15, 0.2) is 12.1 Å². The van der Waals surface area contributed by atoms with E-state index >= 15 is 0 Å². The van der Waals surface area contributed by atoms with Crippen molar-refractivity contribution in [2.75, 3.05) is 5.43 Å². The number of anilines is 1. The normalized spacial score (nSPS) is 9.00. The fraction of sp³-hybridized carbons (Fsp3) is 0. The van der Waals surface area contributed by atoms with Gasteiger partial charge in [0.15, 0.2) is 11.6 Å². The third-order valence-electron chi connectivity index (χ3n) is 1.15. The average Bonchev–Trinajstić information content (AvgIpc) is 1.96. The van der Waals surface area contributed by atoms with Crippen LogP contribution in [0.4, 0.5) is 18.9 Å². The summed E-state index contributed by atoms with van der Waals surface area (Å²) in [4.78, 5) is 0. The van der Waals surface area contributed by atoms with Crippen LogP contribution in [0, 0.1) is 17.5 Å². The van der Waals surface area contributed by atoms with Crippen LogP contribution in [0.1, 0.15) is 0 Å². The Kier molecular flexibility index (Phi) is 4.05. The summed E-state index contributed by atoms with van der Waals surface area (Å²) in [6.45, 7) is 0. The number of nitrogens with one attached hydrogen (secondary N) is 1. The highest BCUT2D eigenvalue weighted by Crippen LogP contribution is 2.17. The van der Waals surface area contributed by atoms with E-state index in [1.54, 1.807) is 0 Å². The van der Waals surface area contributed by atoms with Crippen molar-refractivity contribution in [1.29, 1.82) is 0 Å². The van der Waals surface area contributed by atoms with E-state index in [1.807, 2.05) is 5.43 Å². The third kappa shape index (κ3) is 2.12. The fourth-order valence-electron chi connectivity index (χ4n) is 0.661. The number of benzene rings is 1. The van der Waals surface area contributed by atoms with E-state index in [1.165, 1.54) is 0 Å². The number of hydrogen-bond acceptors (Lipinski definition) is 2. The first kappa shape index (κ1) is 11.2. The minimum Gasteiger partial charge on any atom is -0.321 e. The molecule has 2 nitrogen and oxygen atoms in total. The van der Waals surface area contributed by atoms with Crippen LogP contribution in [-0.4, -0.2) is 0 Å². The molecule has 1 aromatic carbocycles. The molecule has 0 atom stereocenters. The molecule has 0 fully saturated rings. The van der Waals surface area contributed by atoms with Crippen LogP contribution in [0.5, 0.6) is 0 Å². The van der Waals surface area contributed by atoms with Gasteiger partial charge in [-0.05, 0) is 0 Å². The third-order valence-corrected chi connectivity index (χ3v) is 1.15. The Bertz CT molecular complexity index is 280. The molecular weight excluding hydrogens is 237 g/mol. The van der Waals surface area contributed by atoms with Gasteiger partial charge in [0.2, 0.25) is 0 Å². The van der Waals surface area contributed by atoms with Gasteiger partial charge in [-0.2, -0.15) is 0 Å². The molecule has 6 heteroatoms. The van der Waals surface area contributed by atoms with Crippen molar-refractivity contribution in [2.24, 2.45) is 5.84 Å². The Morgan fingerprint density at radius 3 is 2.25 bits per heavy atom. The lowest BCUT2D eigenvalue weighted by atomic mass is 10.3. The summed E-state index contributed by atoms with van der Waals surface area (Å²) in [6, 6.07) is 1.20. The Labute approximate surface area is 77.3 Å². The lowest BCUT2D eigenvalue weighted by Gasteiger charge is -2.01. The van der Waals surface area contributed by atoms with Crippen LogP contribution >= 0.6 is 17.0 Å². The second-order valence-corrected chi connectivity index (χ2v) is 1.89. The molecule has 0 aliphatic rings. The van der Waals surface area contributed by atoms with Crippen molar-refractivity contribution in [1.82, 2.24) is 0 Å². The first-order chi connectivity index (χ1) is 5.15. The Morgan fingerprint density at radius 2 is 1.75 bits per heavy atom. The van der Waals surface area contributed by atoms with E-state index in [4.69, 9.17) is 5.84 Å². The molecule has 0 unspecified atom stereocenters. The van der Waals surface area contributed by atoms with Gasteiger partial charge in [0, 0.05) is 12.1 Å². The van der Waals surface area contributed by atoms with Gasteiger partial charge in [-0.1, -0.05) is 0 Å². The van der Waals surface area contributed by atoms with Crippen molar-refractivity contribution >= 4 is 22.7 Å². The molecule has 1 rings (SSSR count). The number of rotatable bonds is 1. The van der Waals surface area contributed by atoms with E-state index in [0.717, 1.165) is 6.07 Å². The van der Waals surface area contributed by atoms with Crippen LogP contribution in [-0.2, 0) is 0 Å². The monoisotopic (exact) mass is 242 g/mol. The Hall–Kier alpha value is -0.750. The molecule has 0 saturated heterocycles. The van der Waals surface area contributed by atoms with Gasteiger partial charge in [-0.25, -0.2) is 13.2 Å². The molecule has 0 spiro atoms. The lowest BCUT2D eigenvalue weighted by Crippen LogP contribution is -2.09. The van der Waals surface area contributed by atoms with Gasteiger partial charge in [0.05, 0.1) is 5.69 Å². The molecule has 0 bridgehead atoms. The largest absolute Gasteiger partial charge is 0.321 e. The summed E-state index contributed by atoms with van der Waals surface area (Å²) in [5, 5.41) is 0. The number of hydrazine groups is 1. The molecule has 0 aliphatic heterocycles. The van der Waals surface area contributed by atoms with Crippen molar-refractivity contribution in [3.8, 4) is 0 Å². The zero-order chi connectivity index (χ0) is 8.43. The standard InChI is InChI=1S/C6H5F3N2.BrH/c7-3-1-4(8)6(9)5(2-3)11-10;/h1-2,11H,10H2;1H. The molecule has 1 aromatic rings. The highest BCUT2D eigenvalue weighted by Gasteiger charge is 2.08. The molecule has 12 heavy (non-hydrogen) atoms. The first-order valence-corrected chi connectivity index (χ1v) is 2.76. The molecular formula is C6H6BrF3N2. The smallest absolute Gasteiger partial charge is 0.183 e. The quantitative estimate of drug-likeness (QED) is 0.449. The van der Waals surface area contributed by atoms with Crippen LogP contribution in [0.2, 0.25) is 0 Å². The number of nitrogen functional groups attached to an aromatic ring is 1. The second-order valence-electron chi connectivity index (χ2n) is 1.89. The first-order valence-electron chi connectivity index (χ1n) is 2.76. The maximum Gasteiger partial charge on any atom is 0.183 e. The predicted octanol–water partition coefficient (Wildman–Crippen LogP) is 1.97. The number of hydrogen-bond donors (Lipinski definition) is 2. The molecule has 0 amide bonds. The predicted molar refractivity (Wildman–Crippen MR) is 44.4 cm³/mol. The molecule has 0 aliphatic carbocycles. The van der Waals surface area contributed by atoms with Crippen molar-refractivity contribution in [3.63, 3.8) is 0 Å². The van der Waals surface area contributed by atoms with E-state index in [0.29, 0.717) is 6.07 Å². The van der Waals surface area contributed by atoms with E-state index in [9.17, 15) is 13.2 Å². The van der Waals surface area contributed by atoms with Gasteiger partial charge in [-0.3, -0.25) is 5.84 Å². The van der Waals surface area contributed by atoms with E-state index in [2.05, 4.69) is 0 Å². The molecule has 68 valence electrons. The zero-order valence-corrected chi connectivity index (χ0v) is 7.49. The summed E-state index contributed by atoms with van der Waals surface area (Å²) in [5.74, 6) is 1.44. The van der Waals surface area contributed by atoms with Gasteiger partial charge in [0.25, 0.3) is 0 Å². The van der Waals surface area contributed by atoms with Crippen LogP contribution in [0.3, 0.4) is 0 Å². The van der Waals surface area contributed by atoms with Gasteiger partial charge in [0.1, 0.15) is 5.82 Å². The number of nitrogens with two attached hydrogens (primary N) is 1. The molecule has 0 heterocycles. The fourth-order valence-corrected chi connectivity index (χ4v) is 0.661. The molecule has 0 radical (unpaired) electrons. The minimum atomic E-state index is -1.27. The Morgan fingerprint density at radius 1 is 1.17 bits per heavy atom. The maximum absolute atomic E-state index is 12.5. The highest BCUT2D eigenvalue weighted by atomic mass is 79.9. The van der Waals surface area contributed by atoms with Crippen molar-refractivity contribution in [3.05, 3.63) is 29.6 Å². The Balaban J connectivity index is 0.00000121. The summed E-state index contributed by atoms with van der Waals surface area (Å²) < 4.78 is 37.1.